The van der Waals surface area contributed by atoms with E-state index < -0.39 is 5.41 Å². The zero-order valence-corrected chi connectivity index (χ0v) is 33.2. The van der Waals surface area contributed by atoms with Crippen LogP contribution >= 0.6 is 11.3 Å². The Kier molecular flexibility index (Phi) is 8.65. The maximum atomic E-state index is 2.39. The monoisotopic (exact) mass is 769 g/mol. The van der Waals surface area contributed by atoms with Gasteiger partial charge in [0.1, 0.15) is 0 Å². The average molecular weight is 770 g/mol. The Bertz CT molecular complexity index is 2940. The van der Waals surface area contributed by atoms with Gasteiger partial charge in [-0.05, 0) is 103 Å². The van der Waals surface area contributed by atoms with Crippen molar-refractivity contribution >= 4 is 38.5 Å². The number of rotatable bonds is 8. The van der Waals surface area contributed by atoms with E-state index in [2.05, 4.69) is 241 Å². The van der Waals surface area contributed by atoms with Crippen LogP contribution in [-0.4, -0.2) is 0 Å². The predicted octanol–water partition coefficient (Wildman–Crippen LogP) is 15.7. The van der Waals surface area contributed by atoms with E-state index in [0.29, 0.717) is 0 Å². The molecule has 1 nitrogen and oxygen atoms in total. The van der Waals surface area contributed by atoms with Gasteiger partial charge in [0.2, 0.25) is 0 Å². The van der Waals surface area contributed by atoms with E-state index in [1.54, 1.807) is 0 Å². The van der Waals surface area contributed by atoms with Crippen molar-refractivity contribution in [1.82, 2.24) is 0 Å². The summed E-state index contributed by atoms with van der Waals surface area (Å²) in [5, 5.41) is 1.32. The van der Waals surface area contributed by atoms with Gasteiger partial charge >= 0.3 is 0 Å². The van der Waals surface area contributed by atoms with Crippen molar-refractivity contribution in [3.8, 4) is 43.8 Å². The largest absolute Gasteiger partial charge is 0.310 e. The van der Waals surface area contributed by atoms with Gasteiger partial charge in [0.25, 0.3) is 0 Å². The molecule has 0 saturated heterocycles. The molecule has 0 unspecified atom stereocenters. The van der Waals surface area contributed by atoms with Crippen molar-refractivity contribution in [2.45, 2.75) is 5.41 Å². The average Bonchev–Trinajstić information content (AvgIpc) is 3.84. The fourth-order valence-corrected chi connectivity index (χ4v) is 10.7. The molecule has 1 aromatic heterocycles. The van der Waals surface area contributed by atoms with Crippen molar-refractivity contribution < 1.29 is 0 Å². The van der Waals surface area contributed by atoms with Crippen molar-refractivity contribution in [3.63, 3.8) is 0 Å². The summed E-state index contributed by atoms with van der Waals surface area (Å²) in [6, 6.07) is 86.5. The molecule has 0 N–H and O–H groups in total. The maximum absolute atomic E-state index is 2.39. The molecule has 1 aliphatic carbocycles. The molecule has 59 heavy (non-hydrogen) atoms. The summed E-state index contributed by atoms with van der Waals surface area (Å²) in [5.41, 5.74) is 16.7. The van der Waals surface area contributed by atoms with E-state index in [1.807, 2.05) is 11.3 Å². The molecule has 0 fully saturated rings. The maximum Gasteiger partial charge on any atom is 0.0728 e. The molecule has 1 aliphatic rings. The number of fused-ring (bicyclic) bond motifs is 5. The molecule has 0 spiro atoms. The van der Waals surface area contributed by atoms with Gasteiger partial charge in [-0.3, -0.25) is 0 Å². The van der Waals surface area contributed by atoms with Gasteiger partial charge in [0.15, 0.2) is 0 Å². The van der Waals surface area contributed by atoms with E-state index in [9.17, 15) is 0 Å². The first kappa shape index (κ1) is 34.9. The van der Waals surface area contributed by atoms with Crippen LogP contribution in [0.3, 0.4) is 0 Å². The normalized spacial score (nSPS) is 12.5. The second kappa shape index (κ2) is 14.6. The molecule has 11 rings (SSSR count). The molecule has 9 aromatic carbocycles. The lowest BCUT2D eigenvalue weighted by Crippen LogP contribution is -2.28. The van der Waals surface area contributed by atoms with Crippen LogP contribution in [0, 0.1) is 0 Å². The third kappa shape index (κ3) is 5.83. The quantitative estimate of drug-likeness (QED) is 0.149. The van der Waals surface area contributed by atoms with E-state index >= 15 is 0 Å². The minimum atomic E-state index is -0.479. The van der Waals surface area contributed by atoms with Gasteiger partial charge in [-0.2, -0.15) is 0 Å². The van der Waals surface area contributed by atoms with Gasteiger partial charge < -0.3 is 4.90 Å². The number of nitrogens with zero attached hydrogens (tertiary/aromatic N) is 1. The van der Waals surface area contributed by atoms with Gasteiger partial charge in [0, 0.05) is 32.2 Å². The lowest BCUT2D eigenvalue weighted by Gasteiger charge is -2.34. The van der Waals surface area contributed by atoms with Crippen LogP contribution in [0.15, 0.2) is 237 Å². The van der Waals surface area contributed by atoms with Crippen LogP contribution in [0.5, 0.6) is 0 Å². The number of benzene rings is 9. The molecular formula is C57H39NS. The molecular weight excluding hydrogens is 731 g/mol. The Morgan fingerprint density at radius 3 is 1.41 bits per heavy atom. The van der Waals surface area contributed by atoms with Crippen LogP contribution in [0.4, 0.5) is 17.1 Å². The summed E-state index contributed by atoms with van der Waals surface area (Å²) in [7, 11) is 0. The number of thiophene rings is 1. The van der Waals surface area contributed by atoms with Gasteiger partial charge in [-0.25, -0.2) is 0 Å². The summed E-state index contributed by atoms with van der Waals surface area (Å²) in [6.45, 7) is 0. The van der Waals surface area contributed by atoms with Gasteiger partial charge in [0.05, 0.1) is 5.41 Å². The molecule has 0 radical (unpaired) electrons. The topological polar surface area (TPSA) is 3.24 Å². The predicted molar refractivity (Wildman–Crippen MR) is 250 cm³/mol. The minimum absolute atomic E-state index is 0.479. The zero-order chi connectivity index (χ0) is 39.2. The molecule has 0 atom stereocenters. The summed E-state index contributed by atoms with van der Waals surface area (Å²) < 4.78 is 1.31. The van der Waals surface area contributed by atoms with E-state index in [-0.39, 0.29) is 0 Å². The van der Waals surface area contributed by atoms with E-state index in [4.69, 9.17) is 0 Å². The summed E-state index contributed by atoms with van der Waals surface area (Å²) in [4.78, 5) is 3.74. The second-order valence-electron chi connectivity index (χ2n) is 15.2. The first-order valence-corrected chi connectivity index (χ1v) is 21.1. The zero-order valence-electron chi connectivity index (χ0n) is 32.4. The molecule has 0 saturated carbocycles. The Morgan fingerprint density at radius 2 is 0.831 bits per heavy atom. The van der Waals surface area contributed by atoms with Crippen molar-refractivity contribution in [2.24, 2.45) is 0 Å². The smallest absolute Gasteiger partial charge is 0.0728 e. The molecule has 278 valence electrons. The summed E-state index contributed by atoms with van der Waals surface area (Å²) in [5.74, 6) is 0. The number of anilines is 3. The SMILES string of the molecule is c1ccc(-c2ccc(N(c3ccc(-c4ccccc4)cc3)c3cccc(-c4cccc5c4-c4sc6ccccc6c4C5(c4ccccc4)c4ccccc4)c3)cc2)cc1. The molecule has 1 heterocycles. The highest BCUT2D eigenvalue weighted by Crippen LogP contribution is 2.62. The van der Waals surface area contributed by atoms with Crippen molar-refractivity contribution in [3.05, 3.63) is 259 Å². The third-order valence-corrected chi connectivity index (χ3v) is 13.1. The second-order valence-corrected chi connectivity index (χ2v) is 16.3. The standard InChI is InChI=1S/C57H39NS/c1-5-17-40(18-6-1)42-31-35-47(36-32-42)58(48-37-33-43(34-38-48)41-19-7-2-8-20-41)49-26-15-21-44(39-49)50-28-16-29-52-54(50)56-55(51-27-13-14-30-53(51)59-56)57(52,45-22-9-3-10-23-45)46-24-11-4-12-25-46/h1-39H. The highest BCUT2D eigenvalue weighted by molar-refractivity contribution is 7.22. The van der Waals surface area contributed by atoms with E-state index in [0.717, 1.165) is 17.1 Å². The minimum Gasteiger partial charge on any atom is -0.310 e. The van der Waals surface area contributed by atoms with Crippen LogP contribution in [0.25, 0.3) is 53.9 Å². The van der Waals surface area contributed by atoms with Gasteiger partial charge in [-0.15, -0.1) is 11.3 Å². The summed E-state index contributed by atoms with van der Waals surface area (Å²) in [6.07, 6.45) is 0. The van der Waals surface area contributed by atoms with Crippen LogP contribution in [-0.2, 0) is 5.41 Å². The van der Waals surface area contributed by atoms with Gasteiger partial charge in [-0.1, -0.05) is 194 Å². The highest BCUT2D eigenvalue weighted by Gasteiger charge is 2.49. The third-order valence-electron chi connectivity index (χ3n) is 12.0. The highest BCUT2D eigenvalue weighted by atomic mass is 32.1. The summed E-state index contributed by atoms with van der Waals surface area (Å²) >= 11 is 1.92. The van der Waals surface area contributed by atoms with Crippen LogP contribution in [0.2, 0.25) is 0 Å². The van der Waals surface area contributed by atoms with Crippen LogP contribution in [0.1, 0.15) is 22.3 Å². The number of hydrogen-bond donors (Lipinski definition) is 0. The van der Waals surface area contributed by atoms with Crippen molar-refractivity contribution in [1.29, 1.82) is 0 Å². The molecule has 2 heteroatoms. The Morgan fingerprint density at radius 1 is 0.356 bits per heavy atom. The first-order chi connectivity index (χ1) is 29.3. The fourth-order valence-electron chi connectivity index (χ4n) is 9.35. The molecule has 10 aromatic rings. The van der Waals surface area contributed by atoms with Crippen molar-refractivity contribution in [2.75, 3.05) is 4.90 Å². The molecule has 0 aliphatic heterocycles. The Hall–Kier alpha value is -7.26. The van der Waals surface area contributed by atoms with E-state index in [1.165, 1.54) is 76.2 Å². The molecule has 0 amide bonds. The number of hydrogen-bond acceptors (Lipinski definition) is 2. The Balaban J connectivity index is 1.11. The lowest BCUT2D eigenvalue weighted by atomic mass is 9.67. The lowest BCUT2D eigenvalue weighted by molar-refractivity contribution is 0.777. The molecule has 0 bridgehead atoms. The Labute approximate surface area is 349 Å². The first-order valence-electron chi connectivity index (χ1n) is 20.3. The van der Waals surface area contributed by atoms with Crippen LogP contribution < -0.4 is 4.90 Å². The fraction of sp³-hybridized carbons (Fsp3) is 0.0175.